The second-order valence-corrected chi connectivity index (χ2v) is 6.99. The molecule has 0 unspecified atom stereocenters. The first-order valence-electron chi connectivity index (χ1n) is 8.40. The van der Waals surface area contributed by atoms with Gasteiger partial charge in [0.15, 0.2) is 0 Å². The molecule has 0 N–H and O–H groups in total. The summed E-state index contributed by atoms with van der Waals surface area (Å²) in [5.41, 5.74) is 3.70. The molecule has 5 nitrogen and oxygen atoms in total. The maximum Gasteiger partial charge on any atom is 0.341 e. The lowest BCUT2D eigenvalue weighted by molar-refractivity contribution is 0.0468. The molecule has 132 valence electrons. The van der Waals surface area contributed by atoms with Gasteiger partial charge in [0, 0.05) is 23.2 Å². The molecule has 6 heteroatoms. The van der Waals surface area contributed by atoms with E-state index in [4.69, 9.17) is 9.15 Å². The highest BCUT2D eigenvalue weighted by atomic mass is 32.2. The summed E-state index contributed by atoms with van der Waals surface area (Å²) >= 11 is 1.39. The van der Waals surface area contributed by atoms with Crippen LogP contribution in [0.1, 0.15) is 33.5 Å². The van der Waals surface area contributed by atoms with Crippen molar-refractivity contribution in [3.63, 3.8) is 0 Å². The number of nitrogens with zero attached hydrogens (tertiary/aromatic N) is 1. The smallest absolute Gasteiger partial charge is 0.341 e. The van der Waals surface area contributed by atoms with E-state index in [-0.39, 0.29) is 6.61 Å². The van der Waals surface area contributed by atoms with Gasteiger partial charge in [-0.05, 0) is 60.9 Å². The van der Waals surface area contributed by atoms with Gasteiger partial charge in [0.05, 0.1) is 5.56 Å². The topological polar surface area (TPSA) is 69.4 Å². The Balaban J connectivity index is 1.65. The van der Waals surface area contributed by atoms with Crippen LogP contribution in [0.2, 0.25) is 0 Å². The third kappa shape index (κ3) is 3.12. The van der Waals surface area contributed by atoms with Crippen LogP contribution in [0, 0.1) is 0 Å². The predicted molar refractivity (Wildman–Crippen MR) is 99.6 cm³/mol. The van der Waals surface area contributed by atoms with E-state index < -0.39 is 11.6 Å². The van der Waals surface area contributed by atoms with Gasteiger partial charge in [-0.1, -0.05) is 0 Å². The third-order valence-corrected chi connectivity index (χ3v) is 5.30. The fraction of sp³-hybridized carbons (Fsp3) is 0.250. The van der Waals surface area contributed by atoms with E-state index >= 15 is 0 Å². The second-order valence-electron chi connectivity index (χ2n) is 6.20. The molecular formula is C20H17NO4S. The molecule has 26 heavy (non-hydrogen) atoms. The summed E-state index contributed by atoms with van der Waals surface area (Å²) in [5.74, 6) is -0.454. The van der Waals surface area contributed by atoms with Crippen molar-refractivity contribution in [3.05, 3.63) is 69.2 Å². The van der Waals surface area contributed by atoms with Crippen molar-refractivity contribution in [1.82, 2.24) is 4.98 Å². The molecule has 0 bridgehead atoms. The summed E-state index contributed by atoms with van der Waals surface area (Å²) in [6.07, 6.45) is 6.64. The lowest BCUT2D eigenvalue weighted by Crippen LogP contribution is -2.09. The molecule has 3 aromatic rings. The number of aromatic nitrogens is 1. The molecular weight excluding hydrogens is 350 g/mol. The number of benzene rings is 1. The van der Waals surface area contributed by atoms with Gasteiger partial charge in [-0.2, -0.15) is 0 Å². The number of ether oxygens (including phenoxy) is 1. The van der Waals surface area contributed by atoms with Gasteiger partial charge in [0.2, 0.25) is 0 Å². The molecule has 0 fully saturated rings. The minimum atomic E-state index is -0.454. The van der Waals surface area contributed by atoms with E-state index in [1.807, 2.05) is 12.3 Å². The number of hydrogen-bond donors (Lipinski definition) is 0. The largest absolute Gasteiger partial charge is 0.457 e. The SMILES string of the molecule is CSc1ncccc1C(=O)OCc1cc(=O)oc2cc3c(cc12)CCC3. The van der Waals surface area contributed by atoms with Crippen LogP contribution in [0.15, 0.2) is 50.8 Å². The van der Waals surface area contributed by atoms with Gasteiger partial charge in [-0.25, -0.2) is 14.6 Å². The monoisotopic (exact) mass is 367 g/mol. The quantitative estimate of drug-likeness (QED) is 0.397. The fourth-order valence-electron chi connectivity index (χ4n) is 3.34. The van der Waals surface area contributed by atoms with Gasteiger partial charge < -0.3 is 9.15 Å². The van der Waals surface area contributed by atoms with Crippen molar-refractivity contribution in [2.45, 2.75) is 30.9 Å². The number of carbonyl (C=O) groups is 1. The van der Waals surface area contributed by atoms with E-state index in [1.165, 1.54) is 29.0 Å². The molecule has 0 aliphatic heterocycles. The number of aryl methyl sites for hydroxylation is 2. The van der Waals surface area contributed by atoms with Crippen molar-refractivity contribution in [2.75, 3.05) is 6.26 Å². The maximum atomic E-state index is 12.4. The number of pyridine rings is 1. The Labute approximate surface area is 154 Å². The van der Waals surface area contributed by atoms with Crippen LogP contribution < -0.4 is 5.63 Å². The number of esters is 1. The minimum Gasteiger partial charge on any atom is -0.457 e. The summed E-state index contributed by atoms with van der Waals surface area (Å²) in [6, 6.07) is 8.78. The van der Waals surface area contributed by atoms with Crippen molar-refractivity contribution >= 4 is 28.7 Å². The van der Waals surface area contributed by atoms with Crippen LogP contribution in [0.5, 0.6) is 0 Å². The Bertz CT molecular complexity index is 1060. The van der Waals surface area contributed by atoms with Crippen molar-refractivity contribution in [1.29, 1.82) is 0 Å². The summed E-state index contributed by atoms with van der Waals surface area (Å²) in [6.45, 7) is 0.0163. The maximum absolute atomic E-state index is 12.4. The summed E-state index contributed by atoms with van der Waals surface area (Å²) in [7, 11) is 0. The average Bonchev–Trinajstić information content (AvgIpc) is 3.11. The summed E-state index contributed by atoms with van der Waals surface area (Å²) in [4.78, 5) is 28.5. The average molecular weight is 367 g/mol. The Kier molecular flexibility index (Phi) is 4.51. The molecule has 0 spiro atoms. The molecule has 4 rings (SSSR count). The van der Waals surface area contributed by atoms with Crippen LogP contribution in [-0.4, -0.2) is 17.2 Å². The van der Waals surface area contributed by atoms with Crippen LogP contribution >= 0.6 is 11.8 Å². The zero-order valence-corrected chi connectivity index (χ0v) is 15.1. The standard InChI is InChI=1S/C20H17NO4S/c1-26-19-15(6-3-7-21-19)20(23)24-11-14-10-18(22)25-17-9-13-5-2-4-12(13)8-16(14)17/h3,6-10H,2,4-5,11H2,1H3. The Hall–Kier alpha value is -2.60. The number of thioether (sulfide) groups is 1. The summed E-state index contributed by atoms with van der Waals surface area (Å²) < 4.78 is 10.8. The molecule has 0 atom stereocenters. The molecule has 1 aliphatic carbocycles. The normalized spacial score (nSPS) is 13.0. The van der Waals surface area contributed by atoms with Crippen molar-refractivity contribution in [3.8, 4) is 0 Å². The highest BCUT2D eigenvalue weighted by Gasteiger charge is 2.17. The van der Waals surface area contributed by atoms with E-state index in [0.29, 0.717) is 21.7 Å². The molecule has 0 saturated heterocycles. The van der Waals surface area contributed by atoms with Crippen molar-refractivity contribution in [2.24, 2.45) is 0 Å². The van der Waals surface area contributed by atoms with Crippen LogP contribution in [0.3, 0.4) is 0 Å². The number of carbonyl (C=O) groups excluding carboxylic acids is 1. The van der Waals surface area contributed by atoms with E-state index in [9.17, 15) is 9.59 Å². The van der Waals surface area contributed by atoms with Gasteiger partial charge in [-0.3, -0.25) is 0 Å². The first kappa shape index (κ1) is 16.8. The molecule has 0 saturated carbocycles. The van der Waals surface area contributed by atoms with E-state index in [2.05, 4.69) is 11.1 Å². The van der Waals surface area contributed by atoms with E-state index in [1.54, 1.807) is 18.3 Å². The van der Waals surface area contributed by atoms with Gasteiger partial charge >= 0.3 is 11.6 Å². The van der Waals surface area contributed by atoms with Crippen LogP contribution in [0.25, 0.3) is 11.0 Å². The Morgan fingerprint density at radius 2 is 2.08 bits per heavy atom. The van der Waals surface area contributed by atoms with Crippen LogP contribution in [0.4, 0.5) is 0 Å². The third-order valence-electron chi connectivity index (χ3n) is 4.59. The molecule has 1 aromatic carbocycles. The first-order valence-corrected chi connectivity index (χ1v) is 9.63. The molecule has 0 radical (unpaired) electrons. The lowest BCUT2D eigenvalue weighted by atomic mass is 10.0. The number of rotatable bonds is 4. The Morgan fingerprint density at radius 3 is 2.88 bits per heavy atom. The number of fused-ring (bicyclic) bond motifs is 2. The summed E-state index contributed by atoms with van der Waals surface area (Å²) in [5, 5.41) is 1.45. The van der Waals surface area contributed by atoms with E-state index in [0.717, 1.165) is 24.6 Å². The Morgan fingerprint density at radius 1 is 1.27 bits per heavy atom. The zero-order chi connectivity index (χ0) is 18.1. The molecule has 0 amide bonds. The lowest BCUT2D eigenvalue weighted by Gasteiger charge is -2.10. The number of hydrogen-bond acceptors (Lipinski definition) is 6. The predicted octanol–water partition coefficient (Wildman–Crippen LogP) is 3.76. The van der Waals surface area contributed by atoms with Gasteiger partial charge in [-0.15, -0.1) is 11.8 Å². The highest BCUT2D eigenvalue weighted by molar-refractivity contribution is 7.98. The fourth-order valence-corrected chi connectivity index (χ4v) is 3.88. The minimum absolute atomic E-state index is 0.0163. The molecule has 2 aromatic heterocycles. The van der Waals surface area contributed by atoms with Crippen LogP contribution in [-0.2, 0) is 24.2 Å². The molecule has 1 aliphatic rings. The highest BCUT2D eigenvalue weighted by Crippen LogP contribution is 2.29. The second kappa shape index (κ2) is 6.96. The van der Waals surface area contributed by atoms with Gasteiger partial charge in [0.1, 0.15) is 17.2 Å². The zero-order valence-electron chi connectivity index (χ0n) is 14.3. The first-order chi connectivity index (χ1) is 12.7. The molecule has 2 heterocycles. The van der Waals surface area contributed by atoms with Crippen molar-refractivity contribution < 1.29 is 13.9 Å². The van der Waals surface area contributed by atoms with Gasteiger partial charge in [0.25, 0.3) is 0 Å².